The van der Waals surface area contributed by atoms with Crippen LogP contribution in [0.3, 0.4) is 0 Å². The average molecular weight is 655 g/mol. The first kappa shape index (κ1) is 31.1. The molecule has 0 aromatic heterocycles. The van der Waals surface area contributed by atoms with E-state index in [1.54, 1.807) is 12.1 Å². The highest BCUT2D eigenvalue weighted by atomic mass is 35.5. The van der Waals surface area contributed by atoms with Crippen molar-refractivity contribution in [3.8, 4) is 0 Å². The Hall–Kier alpha value is -1.43. The Morgan fingerprint density at radius 2 is 1.66 bits per heavy atom. The number of halogens is 8. The van der Waals surface area contributed by atoms with Crippen molar-refractivity contribution in [3.05, 3.63) is 62.6 Å². The molecule has 0 spiro atoms. The molecule has 3 rings (SSSR count). The third-order valence-corrected chi connectivity index (χ3v) is 9.18. The van der Waals surface area contributed by atoms with Gasteiger partial charge in [-0.3, -0.25) is 9.59 Å². The van der Waals surface area contributed by atoms with E-state index in [0.717, 1.165) is 0 Å². The molecule has 1 saturated carbocycles. The van der Waals surface area contributed by atoms with Gasteiger partial charge in [0.2, 0.25) is 5.91 Å². The summed E-state index contributed by atoms with van der Waals surface area (Å²) in [6, 6.07) is 7.73. The predicted octanol–water partition coefficient (Wildman–Crippen LogP) is 6.66. The SMILES string of the molecule is C[C@H](CS(=O)(=O)CCC(F)(F)F)NC(=O)c1cc(NC(=O)[C@H]2[C@H](c3cc(Cl)cc(Cl)c3)C2(Cl)Cl)ccc1Cl. The lowest BCUT2D eigenvalue weighted by Crippen LogP contribution is -2.38. The Morgan fingerprint density at radius 3 is 2.24 bits per heavy atom. The highest BCUT2D eigenvalue weighted by Crippen LogP contribution is 2.65. The van der Waals surface area contributed by atoms with E-state index in [9.17, 15) is 31.2 Å². The minimum absolute atomic E-state index is 0.00507. The van der Waals surface area contributed by atoms with Crippen molar-refractivity contribution in [1.82, 2.24) is 5.32 Å². The zero-order valence-electron chi connectivity index (χ0n) is 19.4. The van der Waals surface area contributed by atoms with Gasteiger partial charge in [-0.15, -0.1) is 23.2 Å². The monoisotopic (exact) mass is 652 g/mol. The molecule has 6 nitrogen and oxygen atoms in total. The fraction of sp³-hybridized carbons (Fsp3) is 0.391. The largest absolute Gasteiger partial charge is 0.390 e. The van der Waals surface area contributed by atoms with E-state index >= 15 is 0 Å². The number of benzene rings is 2. The van der Waals surface area contributed by atoms with Crippen LogP contribution >= 0.6 is 58.0 Å². The summed E-state index contributed by atoms with van der Waals surface area (Å²) in [6.07, 6.45) is -6.10. The zero-order chi connectivity index (χ0) is 28.6. The Kier molecular flexibility index (Phi) is 9.48. The molecule has 0 bridgehead atoms. The van der Waals surface area contributed by atoms with Crippen LogP contribution in [0, 0.1) is 5.92 Å². The van der Waals surface area contributed by atoms with Gasteiger partial charge in [0.1, 0.15) is 4.33 Å². The number of hydrogen-bond donors (Lipinski definition) is 2. The van der Waals surface area contributed by atoms with Crippen LogP contribution in [0.25, 0.3) is 0 Å². The summed E-state index contributed by atoms with van der Waals surface area (Å²) in [5.74, 6) is -4.59. The van der Waals surface area contributed by atoms with Crippen molar-refractivity contribution < 1.29 is 31.2 Å². The van der Waals surface area contributed by atoms with Gasteiger partial charge in [-0.25, -0.2) is 8.42 Å². The highest BCUT2D eigenvalue weighted by Gasteiger charge is 2.67. The van der Waals surface area contributed by atoms with E-state index in [1.807, 2.05) is 0 Å². The molecule has 15 heteroatoms. The Morgan fingerprint density at radius 1 is 1.05 bits per heavy atom. The van der Waals surface area contributed by atoms with E-state index in [1.165, 1.54) is 31.2 Å². The van der Waals surface area contributed by atoms with Crippen molar-refractivity contribution in [2.45, 2.75) is 35.8 Å². The van der Waals surface area contributed by atoms with Crippen molar-refractivity contribution >= 4 is 85.3 Å². The van der Waals surface area contributed by atoms with Gasteiger partial charge < -0.3 is 10.6 Å². The van der Waals surface area contributed by atoms with Gasteiger partial charge in [0.05, 0.1) is 34.4 Å². The van der Waals surface area contributed by atoms with Crippen LogP contribution in [-0.2, 0) is 14.6 Å². The normalized spacial score (nSPS) is 19.5. The molecular formula is C23H20Cl5F3N2O4S. The molecule has 38 heavy (non-hydrogen) atoms. The average Bonchev–Trinajstić information content (AvgIpc) is 3.34. The molecule has 2 aromatic rings. The lowest BCUT2D eigenvalue weighted by atomic mass is 10.1. The third kappa shape index (κ3) is 8.05. The molecule has 1 aliphatic carbocycles. The molecule has 0 aliphatic heterocycles. The highest BCUT2D eigenvalue weighted by molar-refractivity contribution is 7.91. The second-order valence-corrected chi connectivity index (χ2v) is 13.8. The Balaban J connectivity index is 1.67. The first-order valence-corrected chi connectivity index (χ1v) is 14.6. The molecule has 2 aromatic carbocycles. The number of carbonyl (C=O) groups excluding carboxylic acids is 2. The number of alkyl halides is 5. The summed E-state index contributed by atoms with van der Waals surface area (Å²) in [5.41, 5.74) is 0.651. The lowest BCUT2D eigenvalue weighted by Gasteiger charge is -2.16. The number of nitrogens with one attached hydrogen (secondary N) is 2. The van der Waals surface area contributed by atoms with Gasteiger partial charge in [0.25, 0.3) is 5.91 Å². The Bertz CT molecular complexity index is 1330. The van der Waals surface area contributed by atoms with Crippen molar-refractivity contribution in [2.24, 2.45) is 5.92 Å². The molecule has 208 valence electrons. The summed E-state index contributed by atoms with van der Waals surface area (Å²) in [4.78, 5) is 25.7. The fourth-order valence-electron chi connectivity index (χ4n) is 3.90. The van der Waals surface area contributed by atoms with Gasteiger partial charge in [-0.2, -0.15) is 13.2 Å². The molecule has 0 heterocycles. The van der Waals surface area contributed by atoms with Gasteiger partial charge in [0, 0.05) is 27.7 Å². The molecule has 0 unspecified atom stereocenters. The van der Waals surface area contributed by atoms with Gasteiger partial charge in [-0.05, 0) is 48.9 Å². The van der Waals surface area contributed by atoms with Crippen molar-refractivity contribution in [1.29, 1.82) is 0 Å². The summed E-state index contributed by atoms with van der Waals surface area (Å²) in [7, 11) is -4.09. The molecule has 0 radical (unpaired) electrons. The predicted molar refractivity (Wildman–Crippen MR) is 143 cm³/mol. The van der Waals surface area contributed by atoms with Crippen LogP contribution < -0.4 is 10.6 Å². The molecular weight excluding hydrogens is 635 g/mol. The van der Waals surface area contributed by atoms with E-state index in [0.29, 0.717) is 15.6 Å². The number of anilines is 1. The number of rotatable bonds is 9. The van der Waals surface area contributed by atoms with E-state index in [4.69, 9.17) is 58.0 Å². The minimum atomic E-state index is -4.62. The van der Waals surface area contributed by atoms with Crippen LogP contribution in [0.4, 0.5) is 18.9 Å². The molecule has 2 N–H and O–H groups in total. The maximum absolute atomic E-state index is 13.0. The summed E-state index contributed by atoms with van der Waals surface area (Å²) < 4.78 is 59.6. The number of carbonyl (C=O) groups is 2. The lowest BCUT2D eigenvalue weighted by molar-refractivity contribution is -0.130. The topological polar surface area (TPSA) is 92.3 Å². The number of sulfone groups is 1. The van der Waals surface area contributed by atoms with Gasteiger partial charge in [-0.1, -0.05) is 34.8 Å². The summed E-state index contributed by atoms with van der Waals surface area (Å²) in [5, 5.41) is 5.70. The van der Waals surface area contributed by atoms with Crippen LogP contribution in [0.2, 0.25) is 15.1 Å². The quantitative estimate of drug-likeness (QED) is 0.296. The van der Waals surface area contributed by atoms with Crippen LogP contribution in [0.5, 0.6) is 0 Å². The van der Waals surface area contributed by atoms with E-state index in [2.05, 4.69) is 10.6 Å². The first-order valence-electron chi connectivity index (χ1n) is 10.9. The molecule has 1 fully saturated rings. The summed E-state index contributed by atoms with van der Waals surface area (Å²) >= 11 is 30.9. The second kappa shape index (κ2) is 11.6. The minimum Gasteiger partial charge on any atom is -0.349 e. The van der Waals surface area contributed by atoms with Gasteiger partial charge in [0.15, 0.2) is 9.84 Å². The van der Waals surface area contributed by atoms with Crippen LogP contribution in [-0.4, -0.2) is 48.3 Å². The standard InChI is InChI=1S/C23H20Cl5F3N2O4S/c1-11(10-38(36,37)5-4-22(29,30)31)32-20(34)16-9-15(2-3-17(16)26)33-21(35)19-18(23(19,27)28)12-6-13(24)8-14(25)7-12/h2-3,6-9,11,18-19H,4-5,10H2,1H3,(H,32,34)(H,33,35)/t11-,18+,19-/m1/s1. The molecule has 0 saturated heterocycles. The summed E-state index contributed by atoms with van der Waals surface area (Å²) in [6.45, 7) is 1.33. The molecule has 3 atom stereocenters. The second-order valence-electron chi connectivity index (χ2n) is 8.87. The first-order chi connectivity index (χ1) is 17.4. The fourth-order valence-corrected chi connectivity index (χ4v) is 7.03. The smallest absolute Gasteiger partial charge is 0.349 e. The Labute approximate surface area is 242 Å². The molecule has 2 amide bonds. The van der Waals surface area contributed by atoms with Crippen LogP contribution in [0.15, 0.2) is 36.4 Å². The van der Waals surface area contributed by atoms with Crippen molar-refractivity contribution in [2.75, 3.05) is 16.8 Å². The maximum Gasteiger partial charge on any atom is 0.390 e. The number of hydrogen-bond acceptors (Lipinski definition) is 4. The third-order valence-electron chi connectivity index (χ3n) is 5.64. The number of amides is 2. The van der Waals surface area contributed by atoms with Crippen molar-refractivity contribution in [3.63, 3.8) is 0 Å². The van der Waals surface area contributed by atoms with E-state index < -0.39 is 68.0 Å². The molecule has 1 aliphatic rings. The van der Waals surface area contributed by atoms with E-state index in [-0.39, 0.29) is 16.3 Å². The maximum atomic E-state index is 13.0. The zero-order valence-corrected chi connectivity index (χ0v) is 24.0. The van der Waals surface area contributed by atoms with Gasteiger partial charge >= 0.3 is 6.18 Å². The van der Waals surface area contributed by atoms with Crippen LogP contribution in [0.1, 0.15) is 35.2 Å².